The lowest BCUT2D eigenvalue weighted by molar-refractivity contribution is -0.126. The maximum Gasteiger partial charge on any atom is 0.227 e. The van der Waals surface area contributed by atoms with E-state index in [9.17, 15) is 9.59 Å². The van der Waals surface area contributed by atoms with Gasteiger partial charge in [-0.25, -0.2) is 14.6 Å². The maximum absolute atomic E-state index is 12.7. The number of rotatable bonds is 11. The van der Waals surface area contributed by atoms with Crippen molar-refractivity contribution < 1.29 is 14.3 Å². The second-order valence-electron chi connectivity index (χ2n) is 7.82. The molecule has 3 heterocycles. The zero-order valence-corrected chi connectivity index (χ0v) is 20.2. The number of benzene rings is 1. The smallest absolute Gasteiger partial charge is 0.227 e. The average molecular weight is 484 g/mol. The molecule has 1 unspecified atom stereocenters. The fourth-order valence-electron chi connectivity index (χ4n) is 3.88. The normalized spacial score (nSPS) is 15.8. The Balaban J connectivity index is 1.36. The predicted molar refractivity (Wildman–Crippen MR) is 132 cm³/mol. The third-order valence-corrected chi connectivity index (χ3v) is 6.14. The molecule has 2 N–H and O–H groups in total. The molecule has 11 heteroatoms. The molecule has 1 atom stereocenters. The van der Waals surface area contributed by atoms with E-state index in [1.165, 1.54) is 11.8 Å². The Hall–Kier alpha value is -3.18. The van der Waals surface area contributed by atoms with Crippen LogP contribution in [0.25, 0.3) is 11.0 Å². The van der Waals surface area contributed by atoms with Crippen LogP contribution in [0.15, 0.2) is 41.7 Å². The van der Waals surface area contributed by atoms with Gasteiger partial charge in [-0.15, -0.1) is 0 Å². The van der Waals surface area contributed by atoms with Gasteiger partial charge in [0.2, 0.25) is 11.8 Å². The molecule has 3 aromatic rings. The lowest BCUT2D eigenvalue weighted by atomic mass is 10.1. The fourth-order valence-corrected chi connectivity index (χ4v) is 4.24. The molecule has 0 saturated carbocycles. The molecule has 2 aromatic heterocycles. The Bertz CT molecular complexity index is 1140. The van der Waals surface area contributed by atoms with E-state index in [2.05, 4.69) is 25.7 Å². The zero-order valence-electron chi connectivity index (χ0n) is 19.4. The van der Waals surface area contributed by atoms with Crippen molar-refractivity contribution in [2.75, 3.05) is 49.3 Å². The second-order valence-corrected chi connectivity index (χ2v) is 8.59. The van der Waals surface area contributed by atoms with E-state index in [4.69, 9.17) is 4.74 Å². The van der Waals surface area contributed by atoms with Gasteiger partial charge >= 0.3 is 0 Å². The first-order chi connectivity index (χ1) is 16.6. The number of amides is 2. The van der Waals surface area contributed by atoms with Gasteiger partial charge in [0.25, 0.3) is 0 Å². The number of ether oxygens (including phenoxy) is 1. The van der Waals surface area contributed by atoms with Gasteiger partial charge in [-0.2, -0.15) is 5.10 Å². The van der Waals surface area contributed by atoms with Crippen molar-refractivity contribution in [2.24, 2.45) is 5.92 Å². The number of anilines is 2. The van der Waals surface area contributed by atoms with Crippen molar-refractivity contribution in [1.29, 1.82) is 0 Å². The van der Waals surface area contributed by atoms with E-state index in [1.54, 1.807) is 15.8 Å². The number of carbonyl (C=O) groups excluding carboxylic acids is 2. The van der Waals surface area contributed by atoms with Gasteiger partial charge in [0.15, 0.2) is 10.8 Å². The van der Waals surface area contributed by atoms with Gasteiger partial charge in [-0.05, 0) is 25.3 Å². The van der Waals surface area contributed by atoms with Gasteiger partial charge in [-0.1, -0.05) is 30.0 Å². The lowest BCUT2D eigenvalue weighted by Gasteiger charge is -2.16. The average Bonchev–Trinajstić information content (AvgIpc) is 3.45. The molecule has 0 aliphatic carbocycles. The van der Waals surface area contributed by atoms with Crippen LogP contribution in [-0.2, 0) is 20.9 Å². The van der Waals surface area contributed by atoms with Crippen LogP contribution in [0.5, 0.6) is 0 Å². The molecule has 0 bridgehead atoms. The molecule has 1 aliphatic rings. The summed E-state index contributed by atoms with van der Waals surface area (Å²) in [6, 6.07) is 9.43. The summed E-state index contributed by atoms with van der Waals surface area (Å²) in [6.07, 6.45) is 3.87. The molecular weight excluding hydrogens is 454 g/mol. The van der Waals surface area contributed by atoms with Crippen LogP contribution in [-0.4, -0.2) is 70.7 Å². The van der Waals surface area contributed by atoms with Crippen LogP contribution in [0, 0.1) is 5.92 Å². The minimum Gasteiger partial charge on any atom is -0.380 e. The van der Waals surface area contributed by atoms with Crippen molar-refractivity contribution in [3.05, 3.63) is 36.5 Å². The first-order valence-electron chi connectivity index (χ1n) is 11.3. The van der Waals surface area contributed by atoms with Crippen LogP contribution < -0.4 is 15.5 Å². The number of hydrogen-bond donors (Lipinski definition) is 2. The highest BCUT2D eigenvalue weighted by Gasteiger charge is 2.34. The van der Waals surface area contributed by atoms with Crippen LogP contribution in [0.3, 0.4) is 0 Å². The Morgan fingerprint density at radius 2 is 2.06 bits per heavy atom. The van der Waals surface area contributed by atoms with E-state index in [-0.39, 0.29) is 24.2 Å². The number of para-hydroxylation sites is 1. The van der Waals surface area contributed by atoms with Gasteiger partial charge in [0, 0.05) is 38.3 Å². The van der Waals surface area contributed by atoms with Crippen molar-refractivity contribution in [3.63, 3.8) is 0 Å². The highest BCUT2D eigenvalue weighted by Crippen LogP contribution is 2.25. The summed E-state index contributed by atoms with van der Waals surface area (Å²) in [4.78, 5) is 36.0. The number of hydrogen-bond acceptors (Lipinski definition) is 8. The summed E-state index contributed by atoms with van der Waals surface area (Å²) >= 11 is 1.46. The minimum absolute atomic E-state index is 0.0323. The predicted octanol–water partition coefficient (Wildman–Crippen LogP) is 2.17. The molecule has 10 nitrogen and oxygen atoms in total. The van der Waals surface area contributed by atoms with Gasteiger partial charge < -0.3 is 20.3 Å². The van der Waals surface area contributed by atoms with Gasteiger partial charge in [0.05, 0.1) is 30.7 Å². The maximum atomic E-state index is 12.7. The monoisotopic (exact) mass is 483 g/mol. The van der Waals surface area contributed by atoms with Gasteiger partial charge in [-0.3, -0.25) is 9.59 Å². The topological polar surface area (TPSA) is 114 Å². The summed E-state index contributed by atoms with van der Waals surface area (Å²) in [5, 5.41) is 12.2. The number of thioether (sulfide) groups is 1. The SMILES string of the molecule is CCOCCNc1nc(SC)nc2c1cnn2CCNC(=O)C1CC(=O)N(c2ccccc2)C1. The molecule has 2 amide bonds. The van der Waals surface area contributed by atoms with Crippen LogP contribution in [0.1, 0.15) is 13.3 Å². The Morgan fingerprint density at radius 1 is 1.24 bits per heavy atom. The second kappa shape index (κ2) is 11.3. The number of aromatic nitrogens is 4. The Morgan fingerprint density at radius 3 is 2.82 bits per heavy atom. The van der Waals surface area contributed by atoms with E-state index < -0.39 is 0 Å². The summed E-state index contributed by atoms with van der Waals surface area (Å²) in [6.45, 7) is 5.08. The van der Waals surface area contributed by atoms with E-state index in [1.807, 2.05) is 43.5 Å². The zero-order chi connectivity index (χ0) is 23.9. The number of fused-ring (bicyclic) bond motifs is 1. The van der Waals surface area contributed by atoms with Crippen LogP contribution in [0.2, 0.25) is 0 Å². The minimum atomic E-state index is -0.367. The standard InChI is InChI=1S/C23H29N7O3S/c1-3-33-12-10-24-20-18-14-26-30(21(18)28-23(27-20)34-2)11-9-25-22(32)16-13-19(31)29(15-16)17-7-5-4-6-8-17/h4-8,14,16H,3,9-13,15H2,1-2H3,(H,25,32)(H,24,27,28). The number of carbonyl (C=O) groups is 2. The first-order valence-corrected chi connectivity index (χ1v) is 12.6. The quantitative estimate of drug-likeness (QED) is 0.242. The summed E-state index contributed by atoms with van der Waals surface area (Å²) in [5.74, 6) is 0.194. The van der Waals surface area contributed by atoms with E-state index >= 15 is 0 Å². The molecule has 34 heavy (non-hydrogen) atoms. The van der Waals surface area contributed by atoms with E-state index in [0.717, 1.165) is 16.9 Å². The third-order valence-electron chi connectivity index (χ3n) is 5.59. The molecule has 4 rings (SSSR count). The molecule has 1 aromatic carbocycles. The molecule has 180 valence electrons. The summed E-state index contributed by atoms with van der Waals surface area (Å²) in [5.41, 5.74) is 1.53. The number of nitrogens with one attached hydrogen (secondary N) is 2. The van der Waals surface area contributed by atoms with E-state index in [0.29, 0.717) is 50.2 Å². The van der Waals surface area contributed by atoms with Crippen molar-refractivity contribution in [1.82, 2.24) is 25.1 Å². The third kappa shape index (κ3) is 5.48. The molecule has 1 fully saturated rings. The molecule has 0 radical (unpaired) electrons. The molecular formula is C23H29N7O3S. The fraction of sp³-hybridized carbons (Fsp3) is 0.435. The van der Waals surface area contributed by atoms with Crippen molar-refractivity contribution >= 4 is 46.1 Å². The highest BCUT2D eigenvalue weighted by molar-refractivity contribution is 7.98. The highest BCUT2D eigenvalue weighted by atomic mass is 32.2. The van der Waals surface area contributed by atoms with Crippen LogP contribution >= 0.6 is 11.8 Å². The lowest BCUT2D eigenvalue weighted by Crippen LogP contribution is -2.35. The van der Waals surface area contributed by atoms with Gasteiger partial charge in [0.1, 0.15) is 5.82 Å². The van der Waals surface area contributed by atoms with Crippen molar-refractivity contribution in [2.45, 2.75) is 25.0 Å². The summed E-state index contributed by atoms with van der Waals surface area (Å²) in [7, 11) is 0. The van der Waals surface area contributed by atoms with Crippen molar-refractivity contribution in [3.8, 4) is 0 Å². The Labute approximate surface area is 202 Å². The largest absolute Gasteiger partial charge is 0.380 e. The summed E-state index contributed by atoms with van der Waals surface area (Å²) < 4.78 is 7.15. The molecule has 1 saturated heterocycles. The first kappa shape index (κ1) is 24.0. The Kier molecular flexibility index (Phi) is 7.96. The molecule has 0 spiro atoms. The molecule has 1 aliphatic heterocycles. The number of nitrogens with zero attached hydrogens (tertiary/aromatic N) is 5. The van der Waals surface area contributed by atoms with Crippen LogP contribution in [0.4, 0.5) is 11.5 Å².